The van der Waals surface area contributed by atoms with E-state index in [-0.39, 0.29) is 17.9 Å². The number of hydrogen-bond acceptors (Lipinski definition) is 3. The van der Waals surface area contributed by atoms with Crippen molar-refractivity contribution in [1.82, 2.24) is 20.4 Å². The highest BCUT2D eigenvalue weighted by Gasteiger charge is 2.27. The molecule has 0 spiro atoms. The molecule has 1 aromatic heterocycles. The van der Waals surface area contributed by atoms with Crippen molar-refractivity contribution in [3.05, 3.63) is 76.7 Å². The van der Waals surface area contributed by atoms with Crippen LogP contribution >= 0.6 is 11.6 Å². The van der Waals surface area contributed by atoms with Crippen LogP contribution in [0.3, 0.4) is 0 Å². The molecule has 0 saturated carbocycles. The van der Waals surface area contributed by atoms with E-state index < -0.39 is 0 Å². The molecule has 0 fully saturated rings. The van der Waals surface area contributed by atoms with Gasteiger partial charge in [-0.25, -0.2) is 9.07 Å². The quantitative estimate of drug-likeness (QED) is 0.740. The minimum Gasteiger partial charge on any atom is -0.347 e. The molecule has 26 heavy (non-hydrogen) atoms. The van der Waals surface area contributed by atoms with Crippen LogP contribution in [0.2, 0.25) is 5.02 Å². The van der Waals surface area contributed by atoms with Crippen molar-refractivity contribution < 1.29 is 9.18 Å². The number of halogens is 2. The van der Waals surface area contributed by atoms with Crippen LogP contribution in [0.25, 0.3) is 11.3 Å². The van der Waals surface area contributed by atoms with Gasteiger partial charge in [0.05, 0.1) is 12.2 Å². The highest BCUT2D eigenvalue weighted by molar-refractivity contribution is 6.30. The van der Waals surface area contributed by atoms with Crippen LogP contribution < -0.4 is 10.6 Å². The first-order valence-electron chi connectivity index (χ1n) is 8.22. The first-order valence-corrected chi connectivity index (χ1v) is 8.59. The van der Waals surface area contributed by atoms with E-state index in [2.05, 4.69) is 15.7 Å². The Morgan fingerprint density at radius 1 is 1.19 bits per heavy atom. The molecule has 4 rings (SSSR count). The minimum atomic E-state index is -0.263. The van der Waals surface area contributed by atoms with E-state index in [1.54, 1.807) is 35.0 Å². The summed E-state index contributed by atoms with van der Waals surface area (Å²) in [6, 6.07) is 15.4. The van der Waals surface area contributed by atoms with Gasteiger partial charge in [-0.15, -0.1) is 0 Å². The number of nitrogens with one attached hydrogen (secondary N) is 2. The van der Waals surface area contributed by atoms with E-state index in [1.165, 1.54) is 12.1 Å². The van der Waals surface area contributed by atoms with E-state index in [0.29, 0.717) is 29.5 Å². The maximum Gasteiger partial charge on any atom is 0.269 e. The fraction of sp³-hybridized carbons (Fsp3) is 0.158. The number of fused-ring (bicyclic) bond motifs is 1. The fourth-order valence-corrected chi connectivity index (χ4v) is 3.05. The fourth-order valence-electron chi connectivity index (χ4n) is 2.93. The predicted molar refractivity (Wildman–Crippen MR) is 97.3 cm³/mol. The van der Waals surface area contributed by atoms with Crippen LogP contribution in [0.4, 0.5) is 4.39 Å². The predicted octanol–water partition coefficient (Wildman–Crippen LogP) is 3.37. The molecule has 132 valence electrons. The molecule has 0 radical (unpaired) electrons. The lowest BCUT2D eigenvalue weighted by molar-refractivity contribution is 0.0900. The monoisotopic (exact) mass is 370 g/mol. The SMILES string of the molecule is O=C1NC[C@H](NCc2ccc(F)cc2)n2nc(-c3ccc(Cl)cc3)cc21. The van der Waals surface area contributed by atoms with Gasteiger partial charge in [-0.2, -0.15) is 5.10 Å². The van der Waals surface area contributed by atoms with Gasteiger partial charge in [-0.3, -0.25) is 10.1 Å². The topological polar surface area (TPSA) is 59.0 Å². The van der Waals surface area contributed by atoms with Gasteiger partial charge >= 0.3 is 0 Å². The largest absolute Gasteiger partial charge is 0.347 e. The number of carbonyl (C=O) groups excluding carboxylic acids is 1. The Kier molecular flexibility index (Phi) is 4.44. The Balaban J connectivity index is 1.58. The van der Waals surface area contributed by atoms with Gasteiger partial charge in [0.25, 0.3) is 5.91 Å². The van der Waals surface area contributed by atoms with Crippen LogP contribution in [0.15, 0.2) is 54.6 Å². The summed E-state index contributed by atoms with van der Waals surface area (Å²) in [6.07, 6.45) is -0.186. The van der Waals surface area contributed by atoms with Gasteiger partial charge in [0, 0.05) is 17.1 Å². The number of aromatic nitrogens is 2. The third kappa shape index (κ3) is 3.34. The summed E-state index contributed by atoms with van der Waals surface area (Å²) in [5.74, 6) is -0.418. The number of rotatable bonds is 4. The maximum absolute atomic E-state index is 13.0. The highest BCUT2D eigenvalue weighted by atomic mass is 35.5. The zero-order valence-electron chi connectivity index (χ0n) is 13.7. The van der Waals surface area contributed by atoms with E-state index >= 15 is 0 Å². The average molecular weight is 371 g/mol. The summed E-state index contributed by atoms with van der Waals surface area (Å²) < 4.78 is 14.7. The van der Waals surface area contributed by atoms with Crippen LogP contribution in [0, 0.1) is 5.82 Å². The summed E-state index contributed by atoms with van der Waals surface area (Å²) >= 11 is 5.93. The van der Waals surface area contributed by atoms with E-state index in [9.17, 15) is 9.18 Å². The molecular weight excluding hydrogens is 355 g/mol. The smallest absolute Gasteiger partial charge is 0.269 e. The molecule has 1 aliphatic heterocycles. The summed E-state index contributed by atoms with van der Waals surface area (Å²) in [5.41, 5.74) is 3.05. The lowest BCUT2D eigenvalue weighted by Crippen LogP contribution is -2.45. The van der Waals surface area contributed by atoms with E-state index in [0.717, 1.165) is 11.1 Å². The van der Waals surface area contributed by atoms with Crippen molar-refractivity contribution in [1.29, 1.82) is 0 Å². The van der Waals surface area contributed by atoms with Gasteiger partial charge in [0.2, 0.25) is 0 Å². The Bertz CT molecular complexity index is 937. The molecule has 0 bridgehead atoms. The molecule has 1 atom stereocenters. The summed E-state index contributed by atoms with van der Waals surface area (Å²) in [4.78, 5) is 12.2. The van der Waals surface area contributed by atoms with Crippen molar-refractivity contribution in [2.75, 3.05) is 6.54 Å². The molecule has 0 aliphatic carbocycles. The van der Waals surface area contributed by atoms with Gasteiger partial charge in [-0.05, 0) is 35.9 Å². The number of nitrogens with zero attached hydrogens (tertiary/aromatic N) is 2. The number of benzene rings is 2. The summed E-state index contributed by atoms with van der Waals surface area (Å²) in [6.45, 7) is 0.963. The van der Waals surface area contributed by atoms with Gasteiger partial charge in [-0.1, -0.05) is 35.9 Å². The third-order valence-electron chi connectivity index (χ3n) is 4.31. The van der Waals surface area contributed by atoms with Gasteiger partial charge in [0.15, 0.2) is 0 Å². The number of amides is 1. The van der Waals surface area contributed by atoms with Crippen LogP contribution in [-0.2, 0) is 6.54 Å². The molecule has 2 N–H and O–H groups in total. The summed E-state index contributed by atoms with van der Waals surface area (Å²) in [5, 5.41) is 11.5. The molecule has 1 aliphatic rings. The van der Waals surface area contributed by atoms with Crippen molar-refractivity contribution in [2.24, 2.45) is 0 Å². The van der Waals surface area contributed by atoms with Gasteiger partial charge < -0.3 is 5.32 Å². The standard InChI is InChI=1S/C19H16ClFN4O/c20-14-5-3-13(4-6-14)16-9-17-19(26)23-11-18(25(17)24-16)22-10-12-1-7-15(21)8-2-12/h1-9,18,22H,10-11H2,(H,23,26)/t18-/m1/s1. The Morgan fingerprint density at radius 3 is 2.65 bits per heavy atom. The molecule has 1 amide bonds. The highest BCUT2D eigenvalue weighted by Crippen LogP contribution is 2.24. The molecule has 5 nitrogen and oxygen atoms in total. The summed E-state index contributed by atoms with van der Waals surface area (Å²) in [7, 11) is 0. The number of carbonyl (C=O) groups is 1. The minimum absolute atomic E-state index is 0.155. The average Bonchev–Trinajstić information content (AvgIpc) is 3.10. The Morgan fingerprint density at radius 2 is 1.92 bits per heavy atom. The zero-order valence-corrected chi connectivity index (χ0v) is 14.5. The third-order valence-corrected chi connectivity index (χ3v) is 4.57. The zero-order chi connectivity index (χ0) is 18.1. The Hall–Kier alpha value is -2.70. The first kappa shape index (κ1) is 16.8. The van der Waals surface area contributed by atoms with Crippen molar-refractivity contribution >= 4 is 17.5 Å². The van der Waals surface area contributed by atoms with Crippen molar-refractivity contribution in [3.63, 3.8) is 0 Å². The molecule has 0 saturated heterocycles. The lowest BCUT2D eigenvalue weighted by atomic mass is 10.1. The lowest BCUT2D eigenvalue weighted by Gasteiger charge is -2.25. The van der Waals surface area contributed by atoms with Crippen LogP contribution in [0.5, 0.6) is 0 Å². The maximum atomic E-state index is 13.0. The molecule has 7 heteroatoms. The molecule has 0 unspecified atom stereocenters. The normalized spacial score (nSPS) is 16.2. The second-order valence-corrected chi connectivity index (χ2v) is 6.54. The Labute approximate surface area is 154 Å². The van der Waals surface area contributed by atoms with Gasteiger partial charge in [0.1, 0.15) is 17.7 Å². The molecule has 2 aromatic carbocycles. The van der Waals surface area contributed by atoms with Crippen molar-refractivity contribution in [3.8, 4) is 11.3 Å². The van der Waals surface area contributed by atoms with E-state index in [1.807, 2.05) is 12.1 Å². The molecular formula is C19H16ClFN4O. The van der Waals surface area contributed by atoms with Crippen LogP contribution in [-0.4, -0.2) is 22.2 Å². The second kappa shape index (κ2) is 6.90. The molecule has 2 heterocycles. The first-order chi connectivity index (χ1) is 12.6. The number of hydrogen-bond donors (Lipinski definition) is 2. The second-order valence-electron chi connectivity index (χ2n) is 6.10. The molecule has 3 aromatic rings. The van der Waals surface area contributed by atoms with Crippen LogP contribution in [0.1, 0.15) is 22.2 Å². The van der Waals surface area contributed by atoms with E-state index in [4.69, 9.17) is 11.6 Å². The van der Waals surface area contributed by atoms with Crippen molar-refractivity contribution in [2.45, 2.75) is 12.7 Å².